The highest BCUT2D eigenvalue weighted by Gasteiger charge is 2.06. The molecule has 3 nitrogen and oxygen atoms in total. The van der Waals surface area contributed by atoms with Gasteiger partial charge in [-0.25, -0.2) is 4.98 Å². The summed E-state index contributed by atoms with van der Waals surface area (Å²) in [6.45, 7) is 0. The van der Waals surface area contributed by atoms with Crippen LogP contribution < -0.4 is 5.56 Å². The topological polar surface area (TPSA) is 34.4 Å². The lowest BCUT2D eigenvalue weighted by molar-refractivity contribution is 1.05. The van der Waals surface area contributed by atoms with Crippen LogP contribution in [0, 0.1) is 0 Å². The molecule has 0 atom stereocenters. The summed E-state index contributed by atoms with van der Waals surface area (Å²) >= 11 is 0. The number of hydrogen-bond donors (Lipinski definition) is 0. The molecule has 0 amide bonds. The molecule has 0 N–H and O–H groups in total. The monoisotopic (exact) mass is 298 g/mol. The van der Waals surface area contributed by atoms with Gasteiger partial charge in [0.25, 0.3) is 5.56 Å². The van der Waals surface area contributed by atoms with Crippen LogP contribution in [0.5, 0.6) is 0 Å². The highest BCUT2D eigenvalue weighted by molar-refractivity contribution is 5.69. The number of nitrogens with zero attached hydrogens (tertiary/aromatic N) is 2. The number of fused-ring (bicyclic) bond motifs is 1. The van der Waals surface area contributed by atoms with Gasteiger partial charge in [-0.1, -0.05) is 60.7 Å². The van der Waals surface area contributed by atoms with Gasteiger partial charge in [0.15, 0.2) is 0 Å². The zero-order chi connectivity index (χ0) is 15.6. The van der Waals surface area contributed by atoms with E-state index in [0.29, 0.717) is 11.3 Å². The maximum Gasteiger partial charge on any atom is 0.258 e. The summed E-state index contributed by atoms with van der Waals surface area (Å²) in [5, 5.41) is 0. The van der Waals surface area contributed by atoms with Crippen LogP contribution in [0.2, 0.25) is 0 Å². The van der Waals surface area contributed by atoms with Crippen molar-refractivity contribution < 1.29 is 0 Å². The van der Waals surface area contributed by atoms with E-state index in [0.717, 1.165) is 16.7 Å². The lowest BCUT2D eigenvalue weighted by atomic mass is 10.1. The van der Waals surface area contributed by atoms with Gasteiger partial charge in [0, 0.05) is 17.8 Å². The fourth-order valence-corrected chi connectivity index (χ4v) is 2.67. The van der Waals surface area contributed by atoms with Crippen LogP contribution in [-0.4, -0.2) is 9.38 Å². The van der Waals surface area contributed by atoms with Crippen LogP contribution in [0.1, 0.15) is 0 Å². The minimum Gasteiger partial charge on any atom is -0.269 e. The van der Waals surface area contributed by atoms with Crippen molar-refractivity contribution in [3.63, 3.8) is 0 Å². The molecule has 0 aliphatic carbocycles. The Hall–Kier alpha value is -3.20. The summed E-state index contributed by atoms with van der Waals surface area (Å²) in [4.78, 5) is 17.0. The van der Waals surface area contributed by atoms with E-state index in [1.165, 1.54) is 0 Å². The Morgan fingerprint density at radius 1 is 0.696 bits per heavy atom. The van der Waals surface area contributed by atoms with Crippen LogP contribution in [0.3, 0.4) is 0 Å². The molecule has 110 valence electrons. The predicted molar refractivity (Wildman–Crippen MR) is 92.3 cm³/mol. The van der Waals surface area contributed by atoms with Gasteiger partial charge in [0.05, 0.1) is 5.69 Å². The highest BCUT2D eigenvalue weighted by Crippen LogP contribution is 2.21. The lowest BCUT2D eigenvalue weighted by Gasteiger charge is -2.07. The van der Waals surface area contributed by atoms with Gasteiger partial charge in [0.2, 0.25) is 0 Å². The van der Waals surface area contributed by atoms with Crippen molar-refractivity contribution in [2.75, 3.05) is 0 Å². The second-order valence-electron chi connectivity index (χ2n) is 5.36. The summed E-state index contributed by atoms with van der Waals surface area (Å²) in [5.41, 5.74) is 4.36. The van der Waals surface area contributed by atoms with Gasteiger partial charge in [-0.15, -0.1) is 0 Å². The molecule has 23 heavy (non-hydrogen) atoms. The molecule has 0 aliphatic heterocycles. The second-order valence-corrected chi connectivity index (χ2v) is 5.36. The number of benzene rings is 2. The first-order valence-electron chi connectivity index (χ1n) is 7.45. The van der Waals surface area contributed by atoms with Crippen molar-refractivity contribution >= 4 is 5.65 Å². The van der Waals surface area contributed by atoms with Crippen molar-refractivity contribution in [1.82, 2.24) is 9.38 Å². The van der Waals surface area contributed by atoms with E-state index in [1.54, 1.807) is 16.7 Å². The summed E-state index contributed by atoms with van der Waals surface area (Å²) in [6, 6.07) is 25.3. The lowest BCUT2D eigenvalue weighted by Crippen LogP contribution is -2.14. The molecule has 0 aliphatic rings. The average molecular weight is 298 g/mol. The number of hydrogen-bond acceptors (Lipinski definition) is 2. The van der Waals surface area contributed by atoms with Crippen molar-refractivity contribution in [1.29, 1.82) is 0 Å². The van der Waals surface area contributed by atoms with Gasteiger partial charge in [0.1, 0.15) is 5.65 Å². The van der Waals surface area contributed by atoms with Crippen LogP contribution in [0.15, 0.2) is 89.9 Å². The van der Waals surface area contributed by atoms with Gasteiger partial charge in [-0.2, -0.15) is 0 Å². The maximum absolute atomic E-state index is 12.3. The Labute approximate surface area is 133 Å². The van der Waals surface area contributed by atoms with E-state index in [-0.39, 0.29) is 5.56 Å². The molecule has 0 spiro atoms. The third kappa shape index (κ3) is 2.53. The van der Waals surface area contributed by atoms with Crippen molar-refractivity contribution in [3.05, 3.63) is 95.4 Å². The molecule has 4 rings (SSSR count). The molecule has 0 fully saturated rings. The molecule has 0 saturated carbocycles. The molecule has 2 aromatic carbocycles. The van der Waals surface area contributed by atoms with Gasteiger partial charge < -0.3 is 0 Å². The zero-order valence-corrected chi connectivity index (χ0v) is 12.4. The zero-order valence-electron chi connectivity index (χ0n) is 12.4. The Kier molecular flexibility index (Phi) is 3.24. The second kappa shape index (κ2) is 5.54. The fourth-order valence-electron chi connectivity index (χ4n) is 2.67. The third-order valence-corrected chi connectivity index (χ3v) is 3.84. The van der Waals surface area contributed by atoms with Gasteiger partial charge in [-0.3, -0.25) is 9.20 Å². The van der Waals surface area contributed by atoms with Crippen LogP contribution in [0.25, 0.3) is 28.0 Å². The Bertz CT molecular complexity index is 1020. The number of pyridine rings is 1. The SMILES string of the molecule is O=c1cc(-c2ccccc2)nc2cc(-c3ccccc3)ccn12. The molecule has 4 aromatic rings. The average Bonchev–Trinajstić information content (AvgIpc) is 2.63. The molecular weight excluding hydrogens is 284 g/mol. The maximum atomic E-state index is 12.3. The first-order chi connectivity index (χ1) is 11.3. The summed E-state index contributed by atoms with van der Waals surface area (Å²) in [5.74, 6) is 0. The normalized spacial score (nSPS) is 10.8. The largest absolute Gasteiger partial charge is 0.269 e. The Balaban J connectivity index is 1.92. The van der Waals surface area contributed by atoms with Gasteiger partial charge in [-0.05, 0) is 23.3 Å². The summed E-state index contributed by atoms with van der Waals surface area (Å²) < 4.78 is 1.57. The Morgan fingerprint density at radius 3 is 2.04 bits per heavy atom. The standard InChI is InChI=1S/C20H14N2O/c23-20-14-18(16-9-5-2-6-10-16)21-19-13-17(11-12-22(19)20)15-7-3-1-4-8-15/h1-14H. The molecule has 0 bridgehead atoms. The van der Waals surface area contributed by atoms with E-state index in [1.807, 2.05) is 72.8 Å². The van der Waals surface area contributed by atoms with Crippen molar-refractivity contribution in [2.24, 2.45) is 0 Å². The first-order valence-corrected chi connectivity index (χ1v) is 7.45. The molecular formula is C20H14N2O. The molecule has 0 radical (unpaired) electrons. The van der Waals surface area contributed by atoms with E-state index in [9.17, 15) is 4.79 Å². The fraction of sp³-hybridized carbons (Fsp3) is 0. The Morgan fingerprint density at radius 2 is 1.35 bits per heavy atom. The highest BCUT2D eigenvalue weighted by atomic mass is 16.1. The van der Waals surface area contributed by atoms with E-state index < -0.39 is 0 Å². The van der Waals surface area contributed by atoms with E-state index >= 15 is 0 Å². The van der Waals surface area contributed by atoms with E-state index in [4.69, 9.17) is 0 Å². The third-order valence-electron chi connectivity index (χ3n) is 3.84. The molecule has 2 heterocycles. The minimum atomic E-state index is -0.0755. The smallest absolute Gasteiger partial charge is 0.258 e. The van der Waals surface area contributed by atoms with Crippen LogP contribution in [0.4, 0.5) is 0 Å². The van der Waals surface area contributed by atoms with Crippen LogP contribution in [-0.2, 0) is 0 Å². The quantitative estimate of drug-likeness (QED) is 0.560. The first kappa shape index (κ1) is 13.5. The number of aromatic nitrogens is 2. The molecule has 2 aromatic heterocycles. The predicted octanol–water partition coefficient (Wildman–Crippen LogP) is 4.03. The summed E-state index contributed by atoms with van der Waals surface area (Å²) in [6.07, 6.45) is 1.78. The summed E-state index contributed by atoms with van der Waals surface area (Å²) in [7, 11) is 0. The van der Waals surface area contributed by atoms with E-state index in [2.05, 4.69) is 4.98 Å². The molecule has 0 saturated heterocycles. The molecule has 3 heteroatoms. The number of rotatable bonds is 2. The van der Waals surface area contributed by atoms with Crippen molar-refractivity contribution in [2.45, 2.75) is 0 Å². The van der Waals surface area contributed by atoms with Crippen molar-refractivity contribution in [3.8, 4) is 22.4 Å². The molecule has 0 unspecified atom stereocenters. The minimum absolute atomic E-state index is 0.0755. The van der Waals surface area contributed by atoms with Crippen LogP contribution >= 0.6 is 0 Å². The van der Waals surface area contributed by atoms with Gasteiger partial charge >= 0.3 is 0 Å².